The van der Waals surface area contributed by atoms with Gasteiger partial charge in [0, 0.05) is 11.1 Å². The first-order chi connectivity index (χ1) is 8.20. The highest BCUT2D eigenvalue weighted by atomic mass is 35.5. The zero-order chi connectivity index (χ0) is 12.3. The predicted octanol–water partition coefficient (Wildman–Crippen LogP) is 3.34. The quantitative estimate of drug-likeness (QED) is 0.901. The number of rotatable bonds is 2. The van der Waals surface area contributed by atoms with E-state index in [9.17, 15) is 0 Å². The van der Waals surface area contributed by atoms with Gasteiger partial charge >= 0.3 is 0 Å². The van der Waals surface area contributed by atoms with Crippen LogP contribution < -0.4 is 5.73 Å². The fourth-order valence-corrected chi connectivity index (χ4v) is 2.30. The van der Waals surface area contributed by atoms with Crippen LogP contribution in [0.4, 0.5) is 5.69 Å². The molecular formula is C12H8ClN3S. The molecule has 2 rings (SSSR count). The van der Waals surface area contributed by atoms with Gasteiger partial charge in [0.2, 0.25) is 0 Å². The summed E-state index contributed by atoms with van der Waals surface area (Å²) < 4.78 is 0. The van der Waals surface area contributed by atoms with Gasteiger partial charge in [-0.1, -0.05) is 35.5 Å². The minimum atomic E-state index is 0.450. The Labute approximate surface area is 108 Å². The average Bonchev–Trinajstić information content (AvgIpc) is 2.34. The predicted molar refractivity (Wildman–Crippen MR) is 68.9 cm³/mol. The number of benzene rings is 1. The first-order valence-electron chi connectivity index (χ1n) is 4.78. The number of pyridine rings is 1. The number of nitrogen functional groups attached to an aromatic ring is 1. The molecule has 1 heterocycles. The summed E-state index contributed by atoms with van der Waals surface area (Å²) >= 11 is 7.43. The van der Waals surface area contributed by atoms with E-state index in [1.165, 1.54) is 18.0 Å². The Morgan fingerprint density at radius 3 is 2.76 bits per heavy atom. The molecule has 0 amide bonds. The maximum absolute atomic E-state index is 8.71. The van der Waals surface area contributed by atoms with E-state index >= 15 is 0 Å². The molecule has 0 saturated carbocycles. The SMILES string of the molecule is N#Cc1cnc(Sc2ccccc2Cl)c(N)c1. The number of aromatic nitrogens is 1. The summed E-state index contributed by atoms with van der Waals surface area (Å²) in [6.45, 7) is 0. The highest BCUT2D eigenvalue weighted by Crippen LogP contribution is 2.34. The fourth-order valence-electron chi connectivity index (χ4n) is 1.25. The average molecular weight is 262 g/mol. The third-order valence-corrected chi connectivity index (χ3v) is 3.60. The van der Waals surface area contributed by atoms with Gasteiger partial charge in [0.1, 0.15) is 11.1 Å². The molecule has 0 unspecified atom stereocenters. The molecule has 17 heavy (non-hydrogen) atoms. The van der Waals surface area contributed by atoms with Crippen LogP contribution in [0.25, 0.3) is 0 Å². The molecule has 0 aliphatic rings. The molecule has 0 radical (unpaired) electrons. The maximum atomic E-state index is 8.71. The Balaban J connectivity index is 2.32. The topological polar surface area (TPSA) is 62.7 Å². The minimum absolute atomic E-state index is 0.450. The normalized spacial score (nSPS) is 9.88. The second kappa shape index (κ2) is 5.09. The zero-order valence-electron chi connectivity index (χ0n) is 8.72. The molecule has 0 saturated heterocycles. The van der Waals surface area contributed by atoms with Crippen LogP contribution in [0, 0.1) is 11.3 Å². The molecular weight excluding hydrogens is 254 g/mol. The van der Waals surface area contributed by atoms with E-state index in [4.69, 9.17) is 22.6 Å². The van der Waals surface area contributed by atoms with Crippen molar-refractivity contribution in [1.29, 1.82) is 5.26 Å². The van der Waals surface area contributed by atoms with Gasteiger partial charge < -0.3 is 5.73 Å². The summed E-state index contributed by atoms with van der Waals surface area (Å²) in [5, 5.41) is 10.0. The van der Waals surface area contributed by atoms with Gasteiger partial charge in [-0.05, 0) is 18.2 Å². The molecule has 0 aliphatic heterocycles. The zero-order valence-corrected chi connectivity index (χ0v) is 10.3. The number of nitriles is 1. The standard InChI is InChI=1S/C12H8ClN3S/c13-9-3-1-2-4-11(9)17-12-10(15)5-8(6-14)7-16-12/h1-5,7H,15H2. The third-order valence-electron chi connectivity index (χ3n) is 2.05. The Kier molecular flexibility index (Phi) is 3.52. The third kappa shape index (κ3) is 2.70. The van der Waals surface area contributed by atoms with Crippen molar-refractivity contribution in [3.63, 3.8) is 0 Å². The Morgan fingerprint density at radius 2 is 2.12 bits per heavy atom. The van der Waals surface area contributed by atoms with Gasteiger partial charge in [0.25, 0.3) is 0 Å². The lowest BCUT2D eigenvalue weighted by Gasteiger charge is -2.05. The van der Waals surface area contributed by atoms with Crippen molar-refractivity contribution in [2.45, 2.75) is 9.92 Å². The van der Waals surface area contributed by atoms with Crippen molar-refractivity contribution in [3.8, 4) is 6.07 Å². The van der Waals surface area contributed by atoms with Crippen LogP contribution in [0.5, 0.6) is 0 Å². The minimum Gasteiger partial charge on any atom is -0.396 e. The van der Waals surface area contributed by atoms with Crippen molar-refractivity contribution in [2.75, 3.05) is 5.73 Å². The van der Waals surface area contributed by atoms with E-state index in [1.54, 1.807) is 6.07 Å². The second-order valence-electron chi connectivity index (χ2n) is 3.26. The summed E-state index contributed by atoms with van der Waals surface area (Å²) in [6.07, 6.45) is 1.50. The summed E-state index contributed by atoms with van der Waals surface area (Å²) in [6, 6.07) is 11.1. The molecule has 0 bridgehead atoms. The van der Waals surface area contributed by atoms with Gasteiger partial charge in [0.15, 0.2) is 0 Å². The van der Waals surface area contributed by atoms with Crippen LogP contribution in [0.15, 0.2) is 46.5 Å². The smallest absolute Gasteiger partial charge is 0.124 e. The van der Waals surface area contributed by atoms with Crippen molar-refractivity contribution in [1.82, 2.24) is 4.98 Å². The Morgan fingerprint density at radius 1 is 1.35 bits per heavy atom. The fraction of sp³-hybridized carbons (Fsp3) is 0. The molecule has 1 aromatic heterocycles. The van der Waals surface area contributed by atoms with Gasteiger partial charge in [0.05, 0.1) is 16.3 Å². The van der Waals surface area contributed by atoms with Crippen molar-refractivity contribution < 1.29 is 0 Å². The van der Waals surface area contributed by atoms with Gasteiger partial charge in [-0.15, -0.1) is 0 Å². The van der Waals surface area contributed by atoms with E-state index in [2.05, 4.69) is 4.98 Å². The van der Waals surface area contributed by atoms with Crippen LogP contribution in [0.1, 0.15) is 5.56 Å². The monoisotopic (exact) mass is 261 g/mol. The van der Waals surface area contributed by atoms with Gasteiger partial charge in [-0.3, -0.25) is 0 Å². The van der Waals surface area contributed by atoms with Crippen LogP contribution >= 0.6 is 23.4 Å². The van der Waals surface area contributed by atoms with Crippen LogP contribution in [-0.4, -0.2) is 4.98 Å². The van der Waals surface area contributed by atoms with E-state index in [0.717, 1.165) is 4.90 Å². The molecule has 1 aromatic carbocycles. The lowest BCUT2D eigenvalue weighted by molar-refractivity contribution is 1.13. The van der Waals surface area contributed by atoms with E-state index in [0.29, 0.717) is 21.3 Å². The molecule has 2 aromatic rings. The lowest BCUT2D eigenvalue weighted by Crippen LogP contribution is -1.93. The highest BCUT2D eigenvalue weighted by molar-refractivity contribution is 7.99. The van der Waals surface area contributed by atoms with E-state index in [1.807, 2.05) is 30.3 Å². The largest absolute Gasteiger partial charge is 0.396 e. The summed E-state index contributed by atoms with van der Waals surface area (Å²) in [5.74, 6) is 0. The number of anilines is 1. The van der Waals surface area contributed by atoms with E-state index < -0.39 is 0 Å². The molecule has 3 nitrogen and oxygen atoms in total. The summed E-state index contributed by atoms with van der Waals surface area (Å²) in [7, 11) is 0. The number of hydrogen-bond acceptors (Lipinski definition) is 4. The van der Waals surface area contributed by atoms with E-state index in [-0.39, 0.29) is 0 Å². The first-order valence-corrected chi connectivity index (χ1v) is 5.98. The van der Waals surface area contributed by atoms with Gasteiger partial charge in [-0.2, -0.15) is 5.26 Å². The molecule has 5 heteroatoms. The molecule has 0 spiro atoms. The van der Waals surface area contributed by atoms with Crippen LogP contribution in [-0.2, 0) is 0 Å². The maximum Gasteiger partial charge on any atom is 0.124 e. The summed E-state index contributed by atoms with van der Waals surface area (Å²) in [5.41, 5.74) is 6.75. The number of nitrogens with zero attached hydrogens (tertiary/aromatic N) is 2. The lowest BCUT2D eigenvalue weighted by atomic mass is 10.3. The molecule has 0 atom stereocenters. The first kappa shape index (κ1) is 11.8. The van der Waals surface area contributed by atoms with Crippen molar-refractivity contribution in [3.05, 3.63) is 47.1 Å². The molecule has 0 fully saturated rings. The molecule has 84 valence electrons. The number of halogens is 1. The van der Waals surface area contributed by atoms with Crippen LogP contribution in [0.2, 0.25) is 5.02 Å². The number of hydrogen-bond donors (Lipinski definition) is 1. The number of nitrogens with two attached hydrogens (primary N) is 1. The van der Waals surface area contributed by atoms with Gasteiger partial charge in [-0.25, -0.2) is 4.98 Å². The van der Waals surface area contributed by atoms with Crippen LogP contribution in [0.3, 0.4) is 0 Å². The Bertz CT molecular complexity index is 593. The Hall–Kier alpha value is -1.70. The highest BCUT2D eigenvalue weighted by Gasteiger charge is 2.07. The van der Waals surface area contributed by atoms with Crippen molar-refractivity contribution >= 4 is 29.1 Å². The van der Waals surface area contributed by atoms with Crippen molar-refractivity contribution in [2.24, 2.45) is 0 Å². The molecule has 2 N–H and O–H groups in total. The molecule has 0 aliphatic carbocycles. The summed E-state index contributed by atoms with van der Waals surface area (Å²) in [4.78, 5) is 5.03. The second-order valence-corrected chi connectivity index (χ2v) is 4.70.